The molecule has 5 nitrogen and oxygen atoms in total. The van der Waals surface area contributed by atoms with Crippen LogP contribution >= 0.6 is 0 Å². The lowest BCUT2D eigenvalue weighted by atomic mass is 9.99. The Labute approximate surface area is 92.9 Å². The Morgan fingerprint density at radius 2 is 2.00 bits per heavy atom. The highest BCUT2D eigenvalue weighted by Crippen LogP contribution is 2.21. The Bertz CT molecular complexity index is 363. The van der Waals surface area contributed by atoms with Crippen molar-refractivity contribution in [3.05, 3.63) is 35.4 Å². The van der Waals surface area contributed by atoms with Crippen molar-refractivity contribution in [3.8, 4) is 0 Å². The number of esters is 1. The van der Waals surface area contributed by atoms with Gasteiger partial charge in [0.2, 0.25) is 0 Å². The number of carbonyl (C=O) groups is 1. The largest absolute Gasteiger partial charge is 0.465 e. The maximum atomic E-state index is 11.4. The molecule has 0 spiro atoms. The Kier molecular flexibility index (Phi) is 4.42. The molecule has 0 aliphatic rings. The normalized spacial score (nSPS) is 14.2. The van der Waals surface area contributed by atoms with Crippen molar-refractivity contribution in [1.29, 1.82) is 0 Å². The van der Waals surface area contributed by atoms with Crippen LogP contribution in [-0.2, 0) is 4.74 Å². The van der Waals surface area contributed by atoms with Crippen LogP contribution < -0.4 is 0 Å². The third-order valence-corrected chi connectivity index (χ3v) is 2.24. The summed E-state index contributed by atoms with van der Waals surface area (Å²) < 4.78 is 4.55. The molecule has 2 unspecified atom stereocenters. The number of aliphatic hydroxyl groups is 3. The lowest BCUT2D eigenvalue weighted by Gasteiger charge is -2.18. The van der Waals surface area contributed by atoms with E-state index in [1.807, 2.05) is 0 Å². The molecule has 3 N–H and O–H groups in total. The first-order valence-corrected chi connectivity index (χ1v) is 4.76. The first kappa shape index (κ1) is 12.6. The van der Waals surface area contributed by atoms with Crippen LogP contribution in [0.4, 0.5) is 0 Å². The van der Waals surface area contributed by atoms with Crippen molar-refractivity contribution in [1.82, 2.24) is 0 Å². The van der Waals surface area contributed by atoms with Crippen molar-refractivity contribution in [2.45, 2.75) is 12.2 Å². The summed E-state index contributed by atoms with van der Waals surface area (Å²) in [6, 6.07) is 6.22. The molecule has 2 atom stereocenters. The van der Waals surface area contributed by atoms with Crippen LogP contribution in [0.5, 0.6) is 0 Å². The number of hydrogen-bond donors (Lipinski definition) is 3. The first-order chi connectivity index (χ1) is 7.61. The van der Waals surface area contributed by atoms with Gasteiger partial charge in [0, 0.05) is 0 Å². The summed E-state index contributed by atoms with van der Waals surface area (Å²) in [5.74, 6) is -0.597. The molecule has 0 fully saturated rings. The highest BCUT2D eigenvalue weighted by molar-refractivity contribution is 5.91. The maximum Gasteiger partial charge on any atom is 0.338 e. The topological polar surface area (TPSA) is 87.0 Å². The second-order valence-corrected chi connectivity index (χ2v) is 3.27. The van der Waals surface area contributed by atoms with Gasteiger partial charge in [0.25, 0.3) is 0 Å². The monoisotopic (exact) mass is 226 g/mol. The van der Waals surface area contributed by atoms with Crippen LogP contribution in [0.15, 0.2) is 24.3 Å². The van der Waals surface area contributed by atoms with E-state index >= 15 is 0 Å². The van der Waals surface area contributed by atoms with Crippen molar-refractivity contribution >= 4 is 5.97 Å². The third kappa shape index (κ3) is 2.57. The molecule has 1 aromatic rings. The summed E-state index contributed by atoms with van der Waals surface area (Å²) >= 11 is 0. The van der Waals surface area contributed by atoms with Crippen LogP contribution in [0, 0.1) is 0 Å². The summed E-state index contributed by atoms with van der Waals surface area (Å²) in [5, 5.41) is 27.7. The minimum atomic E-state index is -1.33. The molecule has 0 aromatic heterocycles. The van der Waals surface area contributed by atoms with Gasteiger partial charge in [-0.05, 0) is 11.6 Å². The molecule has 5 heteroatoms. The number of rotatable bonds is 4. The fraction of sp³-hybridized carbons (Fsp3) is 0.364. The second kappa shape index (κ2) is 5.60. The summed E-state index contributed by atoms with van der Waals surface area (Å²) in [7, 11) is 1.23. The number of methoxy groups -OCH3 is 1. The third-order valence-electron chi connectivity index (χ3n) is 2.24. The van der Waals surface area contributed by atoms with Crippen LogP contribution in [0.2, 0.25) is 0 Å². The minimum absolute atomic E-state index is 0.171. The van der Waals surface area contributed by atoms with Crippen LogP contribution in [0.25, 0.3) is 0 Å². The van der Waals surface area contributed by atoms with Gasteiger partial charge in [-0.3, -0.25) is 0 Å². The van der Waals surface area contributed by atoms with Gasteiger partial charge in [0.15, 0.2) is 0 Å². The average molecular weight is 226 g/mol. The fourth-order valence-electron chi connectivity index (χ4n) is 1.36. The van der Waals surface area contributed by atoms with E-state index in [1.165, 1.54) is 19.2 Å². The minimum Gasteiger partial charge on any atom is -0.465 e. The maximum absolute atomic E-state index is 11.4. The molecular formula is C11H14O5. The molecule has 0 amide bonds. The number of benzene rings is 1. The highest BCUT2D eigenvalue weighted by Gasteiger charge is 2.22. The standard InChI is InChI=1S/C11H14O5/c1-16-11(15)8-5-3-2-4-7(8)10(14)9(13)6-12/h2-5,9-10,12-14H,6H2,1H3. The van der Waals surface area contributed by atoms with Gasteiger partial charge < -0.3 is 20.1 Å². The van der Waals surface area contributed by atoms with Crippen molar-refractivity contribution in [2.24, 2.45) is 0 Å². The van der Waals surface area contributed by atoms with Gasteiger partial charge in [-0.1, -0.05) is 18.2 Å². The van der Waals surface area contributed by atoms with E-state index in [0.717, 1.165) is 0 Å². The number of hydrogen-bond acceptors (Lipinski definition) is 5. The number of aliphatic hydroxyl groups excluding tert-OH is 3. The van der Waals surface area contributed by atoms with Crippen LogP contribution in [0.1, 0.15) is 22.0 Å². The predicted molar refractivity (Wildman–Crippen MR) is 55.8 cm³/mol. The van der Waals surface area contributed by atoms with Crippen LogP contribution in [-0.4, -0.2) is 41.1 Å². The molecule has 0 bridgehead atoms. The van der Waals surface area contributed by atoms with Gasteiger partial charge in [0.05, 0.1) is 19.3 Å². The van der Waals surface area contributed by atoms with Crippen molar-refractivity contribution in [3.63, 3.8) is 0 Å². The van der Waals surface area contributed by atoms with E-state index in [1.54, 1.807) is 12.1 Å². The lowest BCUT2D eigenvalue weighted by Crippen LogP contribution is -2.24. The zero-order chi connectivity index (χ0) is 12.1. The van der Waals surface area contributed by atoms with E-state index in [0.29, 0.717) is 0 Å². The van der Waals surface area contributed by atoms with Crippen molar-refractivity contribution in [2.75, 3.05) is 13.7 Å². The second-order valence-electron chi connectivity index (χ2n) is 3.27. The molecule has 16 heavy (non-hydrogen) atoms. The smallest absolute Gasteiger partial charge is 0.338 e. The van der Waals surface area contributed by atoms with Gasteiger partial charge >= 0.3 is 5.97 Å². The average Bonchev–Trinajstić information content (AvgIpc) is 2.35. The predicted octanol–water partition coefficient (Wildman–Crippen LogP) is -0.140. The van der Waals surface area contributed by atoms with Gasteiger partial charge in [0.1, 0.15) is 12.2 Å². The molecule has 0 saturated heterocycles. The first-order valence-electron chi connectivity index (χ1n) is 4.76. The highest BCUT2D eigenvalue weighted by atomic mass is 16.5. The van der Waals surface area contributed by atoms with E-state index in [-0.39, 0.29) is 11.1 Å². The summed E-state index contributed by atoms with van der Waals surface area (Å²) in [4.78, 5) is 11.4. The van der Waals surface area contributed by atoms with Crippen molar-refractivity contribution < 1.29 is 24.9 Å². The molecule has 0 radical (unpaired) electrons. The molecular weight excluding hydrogens is 212 g/mol. The molecule has 0 aliphatic heterocycles. The lowest BCUT2D eigenvalue weighted by molar-refractivity contribution is -0.0158. The Morgan fingerprint density at radius 3 is 2.56 bits per heavy atom. The Balaban J connectivity index is 3.08. The zero-order valence-electron chi connectivity index (χ0n) is 8.83. The molecule has 1 rings (SSSR count). The zero-order valence-corrected chi connectivity index (χ0v) is 8.83. The fourth-order valence-corrected chi connectivity index (χ4v) is 1.36. The SMILES string of the molecule is COC(=O)c1ccccc1C(O)C(O)CO. The van der Waals surface area contributed by atoms with E-state index < -0.39 is 24.8 Å². The number of ether oxygens (including phenoxy) is 1. The number of carbonyl (C=O) groups excluding carboxylic acids is 1. The van der Waals surface area contributed by atoms with E-state index in [4.69, 9.17) is 5.11 Å². The van der Waals surface area contributed by atoms with Gasteiger partial charge in [-0.25, -0.2) is 4.79 Å². The Morgan fingerprint density at radius 1 is 1.38 bits per heavy atom. The Hall–Kier alpha value is -1.43. The molecule has 0 heterocycles. The molecule has 1 aromatic carbocycles. The molecule has 88 valence electrons. The van der Waals surface area contributed by atoms with Gasteiger partial charge in [-0.2, -0.15) is 0 Å². The molecule has 0 saturated carbocycles. The van der Waals surface area contributed by atoms with Crippen LogP contribution in [0.3, 0.4) is 0 Å². The quantitative estimate of drug-likeness (QED) is 0.622. The summed E-state index contributed by atoms with van der Waals surface area (Å²) in [6.07, 6.45) is -2.65. The summed E-state index contributed by atoms with van der Waals surface area (Å²) in [6.45, 7) is -0.587. The van der Waals surface area contributed by atoms with E-state index in [2.05, 4.69) is 4.74 Å². The van der Waals surface area contributed by atoms with Gasteiger partial charge in [-0.15, -0.1) is 0 Å². The molecule has 0 aliphatic carbocycles. The van der Waals surface area contributed by atoms with E-state index in [9.17, 15) is 15.0 Å². The summed E-state index contributed by atoms with van der Waals surface area (Å²) in [5.41, 5.74) is 0.404.